The molecule has 0 fully saturated rings. The van der Waals surface area contributed by atoms with Gasteiger partial charge in [0.1, 0.15) is 11.6 Å². The third-order valence-corrected chi connectivity index (χ3v) is 3.01. The molecule has 0 aliphatic heterocycles. The van der Waals surface area contributed by atoms with Gasteiger partial charge in [-0.3, -0.25) is 0 Å². The Kier molecular flexibility index (Phi) is 5.00. The quantitative estimate of drug-likeness (QED) is 0.861. The molecule has 0 bridgehead atoms. The number of nitrogens with one attached hydrogen (secondary N) is 1. The normalized spacial score (nSPS) is 10.4. The van der Waals surface area contributed by atoms with Gasteiger partial charge >= 0.3 is 5.97 Å². The highest BCUT2D eigenvalue weighted by atomic mass is 19.1. The fraction of sp³-hybridized carbons (Fsp3) is 0.188. The van der Waals surface area contributed by atoms with Gasteiger partial charge in [0.2, 0.25) is 0 Å². The summed E-state index contributed by atoms with van der Waals surface area (Å²) in [7, 11) is 1.24. The molecule has 0 amide bonds. The van der Waals surface area contributed by atoms with E-state index in [-0.39, 0.29) is 17.9 Å². The van der Waals surface area contributed by atoms with Gasteiger partial charge in [-0.25, -0.2) is 13.6 Å². The largest absolute Gasteiger partial charge is 0.465 e. The first-order chi connectivity index (χ1) is 10.1. The predicted octanol–water partition coefficient (Wildman–Crippen LogP) is 3.04. The SMILES string of the molecule is COC(=O)c1ccc(CNCc2cccc(F)c2)c(F)c1. The highest BCUT2D eigenvalue weighted by molar-refractivity contribution is 5.89. The second-order valence-corrected chi connectivity index (χ2v) is 4.53. The average molecular weight is 291 g/mol. The van der Waals surface area contributed by atoms with Gasteiger partial charge in [0.05, 0.1) is 12.7 Å². The summed E-state index contributed by atoms with van der Waals surface area (Å²) in [6.45, 7) is 0.708. The highest BCUT2D eigenvalue weighted by Crippen LogP contribution is 2.12. The summed E-state index contributed by atoms with van der Waals surface area (Å²) < 4.78 is 31.4. The maximum Gasteiger partial charge on any atom is 0.337 e. The molecule has 0 radical (unpaired) electrons. The zero-order valence-electron chi connectivity index (χ0n) is 11.5. The van der Waals surface area contributed by atoms with Crippen LogP contribution >= 0.6 is 0 Å². The third kappa shape index (κ3) is 4.10. The standard InChI is InChI=1S/C16H15F2NO2/c1-21-16(20)12-5-6-13(15(18)8-12)10-19-9-11-3-2-4-14(17)7-11/h2-8,19H,9-10H2,1H3. The van der Waals surface area contributed by atoms with Crippen molar-refractivity contribution in [2.75, 3.05) is 7.11 Å². The zero-order valence-corrected chi connectivity index (χ0v) is 11.5. The number of esters is 1. The van der Waals surface area contributed by atoms with Crippen LogP contribution in [0.1, 0.15) is 21.5 Å². The number of hydrogen-bond acceptors (Lipinski definition) is 3. The fourth-order valence-electron chi connectivity index (χ4n) is 1.92. The monoisotopic (exact) mass is 291 g/mol. The van der Waals surface area contributed by atoms with E-state index in [4.69, 9.17) is 0 Å². The second-order valence-electron chi connectivity index (χ2n) is 4.53. The summed E-state index contributed by atoms with van der Waals surface area (Å²) in [5.74, 6) is -1.36. The minimum atomic E-state index is -0.576. The van der Waals surface area contributed by atoms with Gasteiger partial charge in [-0.2, -0.15) is 0 Å². The number of rotatable bonds is 5. The molecule has 0 atom stereocenters. The first-order valence-corrected chi connectivity index (χ1v) is 6.42. The molecule has 0 heterocycles. The Morgan fingerprint density at radius 1 is 1.14 bits per heavy atom. The number of benzene rings is 2. The van der Waals surface area contributed by atoms with E-state index in [1.807, 2.05) is 0 Å². The van der Waals surface area contributed by atoms with Crippen LogP contribution in [0.25, 0.3) is 0 Å². The van der Waals surface area contributed by atoms with Crippen molar-refractivity contribution in [3.8, 4) is 0 Å². The van der Waals surface area contributed by atoms with Crippen molar-refractivity contribution in [3.63, 3.8) is 0 Å². The number of methoxy groups -OCH3 is 1. The maximum atomic E-state index is 13.8. The van der Waals surface area contributed by atoms with E-state index in [2.05, 4.69) is 10.1 Å². The van der Waals surface area contributed by atoms with E-state index in [0.29, 0.717) is 12.1 Å². The first kappa shape index (κ1) is 15.1. The predicted molar refractivity (Wildman–Crippen MR) is 74.7 cm³/mol. The van der Waals surface area contributed by atoms with E-state index in [1.165, 1.54) is 31.4 Å². The van der Waals surface area contributed by atoms with Crippen LogP contribution in [0.2, 0.25) is 0 Å². The van der Waals surface area contributed by atoms with Gasteiger partial charge < -0.3 is 10.1 Å². The van der Waals surface area contributed by atoms with Crippen molar-refractivity contribution < 1.29 is 18.3 Å². The van der Waals surface area contributed by atoms with Gasteiger partial charge in [-0.15, -0.1) is 0 Å². The summed E-state index contributed by atoms with van der Waals surface area (Å²) in [5, 5.41) is 3.03. The second kappa shape index (κ2) is 6.95. The number of hydrogen-bond donors (Lipinski definition) is 1. The molecule has 2 aromatic rings. The molecule has 2 aromatic carbocycles. The van der Waals surface area contributed by atoms with Crippen molar-refractivity contribution in [2.45, 2.75) is 13.1 Å². The number of carbonyl (C=O) groups is 1. The summed E-state index contributed by atoms with van der Waals surface area (Å²) >= 11 is 0. The highest BCUT2D eigenvalue weighted by Gasteiger charge is 2.09. The minimum absolute atomic E-state index is 0.170. The van der Waals surface area contributed by atoms with Crippen molar-refractivity contribution in [2.24, 2.45) is 0 Å². The van der Waals surface area contributed by atoms with E-state index in [1.54, 1.807) is 12.1 Å². The molecule has 110 valence electrons. The molecule has 5 heteroatoms. The maximum absolute atomic E-state index is 13.8. The third-order valence-electron chi connectivity index (χ3n) is 3.01. The molecule has 21 heavy (non-hydrogen) atoms. The topological polar surface area (TPSA) is 38.3 Å². The van der Waals surface area contributed by atoms with Crippen LogP contribution in [0.15, 0.2) is 42.5 Å². The average Bonchev–Trinajstić information content (AvgIpc) is 2.48. The molecule has 0 unspecified atom stereocenters. The molecule has 0 aromatic heterocycles. The van der Waals surface area contributed by atoms with Crippen molar-refractivity contribution in [1.82, 2.24) is 5.32 Å². The Morgan fingerprint density at radius 3 is 2.62 bits per heavy atom. The molecule has 0 saturated carbocycles. The van der Waals surface area contributed by atoms with Crippen LogP contribution in [0.4, 0.5) is 8.78 Å². The Hall–Kier alpha value is -2.27. The van der Waals surface area contributed by atoms with Crippen molar-refractivity contribution >= 4 is 5.97 Å². The Bertz CT molecular complexity index is 644. The molecular formula is C16H15F2NO2. The van der Waals surface area contributed by atoms with Crippen LogP contribution in [0.5, 0.6) is 0 Å². The van der Waals surface area contributed by atoms with Gasteiger partial charge in [0.15, 0.2) is 0 Å². The minimum Gasteiger partial charge on any atom is -0.465 e. The Labute approximate surface area is 121 Å². The molecule has 0 saturated heterocycles. The molecule has 1 N–H and O–H groups in total. The lowest BCUT2D eigenvalue weighted by Crippen LogP contribution is -2.14. The van der Waals surface area contributed by atoms with E-state index < -0.39 is 11.8 Å². The number of ether oxygens (including phenoxy) is 1. The molecule has 0 aliphatic carbocycles. The van der Waals surface area contributed by atoms with Crippen LogP contribution in [-0.4, -0.2) is 13.1 Å². The summed E-state index contributed by atoms with van der Waals surface area (Å²) in [4.78, 5) is 11.3. The van der Waals surface area contributed by atoms with E-state index in [9.17, 15) is 13.6 Å². The fourth-order valence-corrected chi connectivity index (χ4v) is 1.92. The van der Waals surface area contributed by atoms with Gasteiger partial charge in [0, 0.05) is 18.7 Å². The molecular weight excluding hydrogens is 276 g/mol. The molecule has 2 rings (SSSR count). The van der Waals surface area contributed by atoms with Crippen molar-refractivity contribution in [1.29, 1.82) is 0 Å². The summed E-state index contributed by atoms with van der Waals surface area (Å²) in [6.07, 6.45) is 0. The molecule has 3 nitrogen and oxygen atoms in total. The van der Waals surface area contributed by atoms with E-state index in [0.717, 1.165) is 11.6 Å². The van der Waals surface area contributed by atoms with Gasteiger partial charge in [0.25, 0.3) is 0 Å². The van der Waals surface area contributed by atoms with E-state index >= 15 is 0 Å². The smallest absolute Gasteiger partial charge is 0.337 e. The van der Waals surface area contributed by atoms with Gasteiger partial charge in [-0.1, -0.05) is 18.2 Å². The first-order valence-electron chi connectivity index (χ1n) is 6.42. The Morgan fingerprint density at radius 2 is 1.95 bits per heavy atom. The van der Waals surface area contributed by atoms with Crippen LogP contribution in [0.3, 0.4) is 0 Å². The summed E-state index contributed by atoms with van der Waals surface area (Å²) in [6, 6.07) is 10.4. The lowest BCUT2D eigenvalue weighted by Gasteiger charge is -2.07. The van der Waals surface area contributed by atoms with Crippen LogP contribution < -0.4 is 5.32 Å². The molecule has 0 aliphatic rings. The molecule has 0 spiro atoms. The Balaban J connectivity index is 1.96. The lowest BCUT2D eigenvalue weighted by atomic mass is 10.1. The lowest BCUT2D eigenvalue weighted by molar-refractivity contribution is 0.0600. The van der Waals surface area contributed by atoms with Crippen LogP contribution in [-0.2, 0) is 17.8 Å². The number of carbonyl (C=O) groups excluding carboxylic acids is 1. The van der Waals surface area contributed by atoms with Gasteiger partial charge in [-0.05, 0) is 29.8 Å². The summed E-state index contributed by atoms with van der Waals surface area (Å²) in [5.41, 5.74) is 1.38. The van der Waals surface area contributed by atoms with Crippen molar-refractivity contribution in [3.05, 3.63) is 70.8 Å². The zero-order chi connectivity index (χ0) is 15.2. The van der Waals surface area contributed by atoms with Crippen LogP contribution in [0, 0.1) is 11.6 Å². The number of halogens is 2.